The van der Waals surface area contributed by atoms with Gasteiger partial charge in [0.25, 0.3) is 11.5 Å². The number of nitrogens with one attached hydrogen (secondary N) is 1. The highest BCUT2D eigenvalue weighted by Gasteiger charge is 2.22. The van der Waals surface area contributed by atoms with Crippen LogP contribution in [0.3, 0.4) is 0 Å². The standard InChI is InChI=1S/C23H18FIN4O4/c1-12(30)29-8-7-13-9-15(4-6-18(13)29)33-19-11-20(31)28(2)23(21(19)22(26)32)27-17-5-3-14(25)10-16(17)24/h3-11,27H,1-2H3,(H2,26,32). The smallest absolute Gasteiger partial charge is 0.256 e. The van der Waals surface area contributed by atoms with Crippen molar-refractivity contribution in [3.63, 3.8) is 0 Å². The first-order chi connectivity index (χ1) is 15.7. The van der Waals surface area contributed by atoms with E-state index in [9.17, 15) is 18.8 Å². The van der Waals surface area contributed by atoms with Gasteiger partial charge < -0.3 is 15.8 Å². The molecule has 0 unspecified atom stereocenters. The van der Waals surface area contributed by atoms with E-state index in [4.69, 9.17) is 10.5 Å². The second-order valence-corrected chi connectivity index (χ2v) is 8.52. The first kappa shape index (κ1) is 22.5. The molecule has 1 amide bonds. The van der Waals surface area contributed by atoms with Crippen LogP contribution in [-0.2, 0) is 7.05 Å². The topological polar surface area (TPSA) is 108 Å². The molecule has 33 heavy (non-hydrogen) atoms. The summed E-state index contributed by atoms with van der Waals surface area (Å²) in [7, 11) is 1.43. The number of hydrogen-bond donors (Lipinski definition) is 2. The molecule has 0 aliphatic rings. The average molecular weight is 560 g/mol. The van der Waals surface area contributed by atoms with E-state index in [0.29, 0.717) is 14.8 Å². The molecule has 8 nitrogen and oxygen atoms in total. The summed E-state index contributed by atoms with van der Waals surface area (Å²) in [6.45, 7) is 1.45. The second kappa shape index (κ2) is 8.70. The van der Waals surface area contributed by atoms with Crippen LogP contribution in [0.4, 0.5) is 15.9 Å². The van der Waals surface area contributed by atoms with Crippen molar-refractivity contribution >= 4 is 56.8 Å². The minimum Gasteiger partial charge on any atom is -0.456 e. The van der Waals surface area contributed by atoms with Crippen molar-refractivity contribution < 1.29 is 18.7 Å². The number of aromatic nitrogens is 2. The third-order valence-corrected chi connectivity index (χ3v) is 5.73. The average Bonchev–Trinajstić information content (AvgIpc) is 3.16. The predicted molar refractivity (Wildman–Crippen MR) is 131 cm³/mol. The fourth-order valence-electron chi connectivity index (χ4n) is 3.44. The number of pyridine rings is 1. The van der Waals surface area contributed by atoms with E-state index < -0.39 is 17.3 Å². The zero-order valence-corrected chi connectivity index (χ0v) is 19.7. The Morgan fingerprint density at radius 1 is 1.12 bits per heavy atom. The van der Waals surface area contributed by atoms with E-state index in [-0.39, 0.29) is 28.7 Å². The number of rotatable bonds is 5. The molecular weight excluding hydrogens is 542 g/mol. The molecule has 4 aromatic rings. The summed E-state index contributed by atoms with van der Waals surface area (Å²) in [5.41, 5.74) is 5.77. The quantitative estimate of drug-likeness (QED) is 0.353. The molecule has 0 radical (unpaired) electrons. The Labute approximate surface area is 200 Å². The van der Waals surface area contributed by atoms with Crippen molar-refractivity contribution in [3.8, 4) is 11.5 Å². The summed E-state index contributed by atoms with van der Waals surface area (Å²) in [5.74, 6) is -1.32. The van der Waals surface area contributed by atoms with E-state index in [1.165, 1.54) is 30.7 Å². The van der Waals surface area contributed by atoms with Gasteiger partial charge in [-0.1, -0.05) is 0 Å². The van der Waals surface area contributed by atoms with Crippen LogP contribution in [0.5, 0.6) is 11.5 Å². The number of carbonyl (C=O) groups is 2. The number of primary amides is 1. The van der Waals surface area contributed by atoms with Crippen molar-refractivity contribution in [1.82, 2.24) is 9.13 Å². The van der Waals surface area contributed by atoms with E-state index in [1.807, 2.05) is 22.6 Å². The highest BCUT2D eigenvalue weighted by atomic mass is 127. The molecule has 0 saturated carbocycles. The summed E-state index contributed by atoms with van der Waals surface area (Å²) < 4.78 is 23.6. The molecule has 168 valence electrons. The predicted octanol–water partition coefficient (Wildman–Crippen LogP) is 4.38. The summed E-state index contributed by atoms with van der Waals surface area (Å²) in [5, 5.41) is 3.52. The number of halogens is 2. The van der Waals surface area contributed by atoms with Gasteiger partial charge in [0.15, 0.2) is 0 Å². The zero-order valence-electron chi connectivity index (χ0n) is 17.6. The van der Waals surface area contributed by atoms with Gasteiger partial charge in [-0.05, 0) is 65.1 Å². The van der Waals surface area contributed by atoms with Crippen LogP contribution in [-0.4, -0.2) is 20.9 Å². The Kier molecular flexibility index (Phi) is 5.93. The summed E-state index contributed by atoms with van der Waals surface area (Å²) in [6.07, 6.45) is 1.64. The molecule has 0 aliphatic heterocycles. The van der Waals surface area contributed by atoms with Crippen molar-refractivity contribution in [2.75, 3.05) is 5.32 Å². The maximum atomic E-state index is 14.4. The van der Waals surface area contributed by atoms with Crippen LogP contribution in [0, 0.1) is 9.39 Å². The third-order valence-electron chi connectivity index (χ3n) is 5.06. The fraction of sp³-hybridized carbons (Fsp3) is 0.0870. The summed E-state index contributed by atoms with van der Waals surface area (Å²) in [4.78, 5) is 36.7. The number of ether oxygens (including phenoxy) is 1. The van der Waals surface area contributed by atoms with Crippen molar-refractivity contribution in [2.45, 2.75) is 6.92 Å². The lowest BCUT2D eigenvalue weighted by atomic mass is 10.2. The Balaban J connectivity index is 1.80. The zero-order chi connectivity index (χ0) is 23.9. The number of anilines is 2. The summed E-state index contributed by atoms with van der Waals surface area (Å²) in [6, 6.07) is 12.3. The van der Waals surface area contributed by atoms with Crippen LogP contribution in [0.2, 0.25) is 0 Å². The molecule has 3 N–H and O–H groups in total. The lowest BCUT2D eigenvalue weighted by Crippen LogP contribution is -2.25. The van der Waals surface area contributed by atoms with Crippen LogP contribution in [0.15, 0.2) is 59.5 Å². The highest BCUT2D eigenvalue weighted by Crippen LogP contribution is 2.32. The number of fused-ring (bicyclic) bond motifs is 1. The molecule has 0 aliphatic carbocycles. The second-order valence-electron chi connectivity index (χ2n) is 7.27. The molecule has 0 saturated heterocycles. The monoisotopic (exact) mass is 560 g/mol. The molecule has 0 atom stereocenters. The first-order valence-electron chi connectivity index (χ1n) is 9.71. The number of hydrogen-bond acceptors (Lipinski definition) is 5. The van der Waals surface area contributed by atoms with Crippen LogP contribution in [0.1, 0.15) is 22.1 Å². The lowest BCUT2D eigenvalue weighted by molar-refractivity contribution is 0.0940. The Bertz CT molecular complexity index is 1490. The molecule has 0 spiro atoms. The van der Waals surface area contributed by atoms with Gasteiger partial charge in [0, 0.05) is 35.2 Å². The third kappa shape index (κ3) is 4.33. The number of carbonyl (C=O) groups excluding carboxylic acids is 2. The van der Waals surface area contributed by atoms with Crippen LogP contribution < -0.4 is 21.3 Å². The van der Waals surface area contributed by atoms with Gasteiger partial charge in [-0.25, -0.2) is 4.39 Å². The van der Waals surface area contributed by atoms with Gasteiger partial charge in [-0.15, -0.1) is 0 Å². The number of nitrogens with zero attached hydrogens (tertiary/aromatic N) is 2. The van der Waals surface area contributed by atoms with E-state index in [2.05, 4.69) is 5.32 Å². The number of nitrogens with two attached hydrogens (primary N) is 1. The van der Waals surface area contributed by atoms with Crippen molar-refractivity contribution in [2.24, 2.45) is 12.8 Å². The Morgan fingerprint density at radius 3 is 2.55 bits per heavy atom. The highest BCUT2D eigenvalue weighted by molar-refractivity contribution is 14.1. The maximum Gasteiger partial charge on any atom is 0.256 e. The normalized spacial score (nSPS) is 10.9. The molecule has 4 rings (SSSR count). The molecular formula is C23H18FIN4O4. The Hall–Kier alpha value is -3.67. The van der Waals surface area contributed by atoms with Crippen LogP contribution >= 0.6 is 22.6 Å². The number of benzene rings is 2. The van der Waals surface area contributed by atoms with Crippen molar-refractivity contribution in [3.05, 3.63) is 80.0 Å². The lowest BCUT2D eigenvalue weighted by Gasteiger charge is -2.18. The first-order valence-corrected chi connectivity index (χ1v) is 10.8. The Morgan fingerprint density at radius 2 is 1.88 bits per heavy atom. The van der Waals surface area contributed by atoms with E-state index in [0.717, 1.165) is 16.0 Å². The van der Waals surface area contributed by atoms with Crippen LogP contribution in [0.25, 0.3) is 10.9 Å². The van der Waals surface area contributed by atoms with Gasteiger partial charge in [-0.3, -0.25) is 23.5 Å². The van der Waals surface area contributed by atoms with Gasteiger partial charge in [-0.2, -0.15) is 0 Å². The largest absolute Gasteiger partial charge is 0.456 e. The molecule has 2 heterocycles. The SMILES string of the molecule is CC(=O)n1ccc2cc(Oc3cc(=O)n(C)c(Nc4ccc(I)cc4F)c3C(N)=O)ccc21. The van der Waals surface area contributed by atoms with E-state index in [1.54, 1.807) is 36.5 Å². The van der Waals surface area contributed by atoms with Gasteiger partial charge in [0.1, 0.15) is 28.7 Å². The number of amides is 1. The molecule has 2 aromatic carbocycles. The van der Waals surface area contributed by atoms with Gasteiger partial charge in [0.2, 0.25) is 5.91 Å². The van der Waals surface area contributed by atoms with Gasteiger partial charge >= 0.3 is 0 Å². The van der Waals surface area contributed by atoms with Gasteiger partial charge in [0.05, 0.1) is 11.2 Å². The molecule has 2 aromatic heterocycles. The fourth-order valence-corrected chi connectivity index (χ4v) is 3.90. The molecule has 0 bridgehead atoms. The van der Waals surface area contributed by atoms with Crippen molar-refractivity contribution in [1.29, 1.82) is 0 Å². The maximum absolute atomic E-state index is 14.4. The summed E-state index contributed by atoms with van der Waals surface area (Å²) >= 11 is 1.97. The molecule has 0 fully saturated rings. The minimum atomic E-state index is -0.863. The minimum absolute atomic E-state index is 0.00563. The molecule has 10 heteroatoms. The van der Waals surface area contributed by atoms with E-state index >= 15 is 0 Å².